The molecule has 0 spiro atoms. The van der Waals surface area contributed by atoms with Gasteiger partial charge in [-0.2, -0.15) is 0 Å². The molecule has 0 amide bonds. The molecule has 4 heteroatoms. The lowest BCUT2D eigenvalue weighted by atomic mass is 9.90. The summed E-state index contributed by atoms with van der Waals surface area (Å²) in [6, 6.07) is 7.67. The second kappa shape index (κ2) is 5.40. The number of para-hydroxylation sites is 1. The largest absolute Gasteiger partial charge is 0.481 e. The van der Waals surface area contributed by atoms with Crippen LogP contribution in [-0.2, 0) is 4.79 Å². The summed E-state index contributed by atoms with van der Waals surface area (Å²) < 4.78 is 0. The third-order valence-electron chi connectivity index (χ3n) is 3.46. The van der Waals surface area contributed by atoms with E-state index in [0.717, 1.165) is 24.3 Å². The highest BCUT2D eigenvalue weighted by Crippen LogP contribution is 2.35. The van der Waals surface area contributed by atoms with Crippen LogP contribution in [0.15, 0.2) is 24.3 Å². The van der Waals surface area contributed by atoms with Gasteiger partial charge in [0.2, 0.25) is 0 Å². The van der Waals surface area contributed by atoms with Gasteiger partial charge in [-0.3, -0.25) is 4.79 Å². The number of benzene rings is 1. The number of aliphatic hydroxyl groups is 1. The summed E-state index contributed by atoms with van der Waals surface area (Å²) in [4.78, 5) is 13.4. The van der Waals surface area contributed by atoms with E-state index in [1.807, 2.05) is 24.3 Å². The Morgan fingerprint density at radius 1 is 1.50 bits per heavy atom. The average molecular weight is 249 g/mol. The van der Waals surface area contributed by atoms with Crippen molar-refractivity contribution < 1.29 is 15.0 Å². The van der Waals surface area contributed by atoms with Crippen LogP contribution in [0.3, 0.4) is 0 Å². The molecule has 0 bridgehead atoms. The fourth-order valence-electron chi connectivity index (χ4n) is 2.46. The summed E-state index contributed by atoms with van der Waals surface area (Å²) in [5.74, 6) is -1.15. The number of carboxylic acids is 1. The van der Waals surface area contributed by atoms with E-state index in [1.54, 1.807) is 6.92 Å². The first-order valence-electron chi connectivity index (χ1n) is 6.34. The van der Waals surface area contributed by atoms with Crippen molar-refractivity contribution in [1.29, 1.82) is 0 Å². The number of aliphatic hydroxyl groups excluding tert-OH is 1. The van der Waals surface area contributed by atoms with Gasteiger partial charge in [-0.05, 0) is 31.4 Å². The van der Waals surface area contributed by atoms with Gasteiger partial charge in [-0.25, -0.2) is 0 Å². The number of hydrogen-bond acceptors (Lipinski definition) is 3. The Hall–Kier alpha value is -1.55. The van der Waals surface area contributed by atoms with E-state index in [0.29, 0.717) is 12.8 Å². The summed E-state index contributed by atoms with van der Waals surface area (Å²) in [6.45, 7) is 3.28. The van der Waals surface area contributed by atoms with Crippen LogP contribution >= 0.6 is 0 Å². The van der Waals surface area contributed by atoms with Crippen LogP contribution < -0.4 is 4.90 Å². The van der Waals surface area contributed by atoms with Crippen molar-refractivity contribution in [3.8, 4) is 0 Å². The molecule has 2 unspecified atom stereocenters. The maximum Gasteiger partial charge on any atom is 0.311 e. The predicted molar refractivity (Wildman–Crippen MR) is 69.9 cm³/mol. The molecule has 18 heavy (non-hydrogen) atoms. The van der Waals surface area contributed by atoms with Crippen molar-refractivity contribution in [3.63, 3.8) is 0 Å². The van der Waals surface area contributed by atoms with Gasteiger partial charge >= 0.3 is 5.97 Å². The molecule has 1 heterocycles. The zero-order chi connectivity index (χ0) is 13.1. The number of carboxylic acid groups (broad SMARTS) is 1. The highest BCUT2D eigenvalue weighted by Gasteiger charge is 2.29. The Morgan fingerprint density at radius 3 is 2.89 bits per heavy atom. The molecule has 0 fully saturated rings. The number of aliphatic carboxylic acids is 1. The lowest BCUT2D eigenvalue weighted by Crippen LogP contribution is -2.35. The topological polar surface area (TPSA) is 60.8 Å². The molecule has 0 saturated carbocycles. The molecule has 4 nitrogen and oxygen atoms in total. The number of anilines is 1. The first-order chi connectivity index (χ1) is 8.59. The second-order valence-corrected chi connectivity index (χ2v) is 4.86. The van der Waals surface area contributed by atoms with Crippen LogP contribution in [0.1, 0.15) is 31.2 Å². The van der Waals surface area contributed by atoms with E-state index >= 15 is 0 Å². The van der Waals surface area contributed by atoms with Gasteiger partial charge in [-0.1, -0.05) is 18.2 Å². The molecule has 2 rings (SSSR count). The Bertz CT molecular complexity index is 431. The molecule has 2 atom stereocenters. The summed E-state index contributed by atoms with van der Waals surface area (Å²) in [7, 11) is 0. The quantitative estimate of drug-likeness (QED) is 0.854. The molecular formula is C14H19NO3. The maximum absolute atomic E-state index is 11.2. The number of fused-ring (bicyclic) bond motifs is 1. The standard InChI is InChI=1S/C14H19NO3/c1-10(16)6-8-15-9-7-12(14(17)18)11-4-2-3-5-13(11)15/h2-5,10,12,16H,6-9H2,1H3,(H,17,18). The fourth-order valence-corrected chi connectivity index (χ4v) is 2.46. The minimum Gasteiger partial charge on any atom is -0.481 e. The van der Waals surface area contributed by atoms with E-state index in [1.165, 1.54) is 0 Å². The molecule has 2 N–H and O–H groups in total. The van der Waals surface area contributed by atoms with E-state index in [4.69, 9.17) is 0 Å². The Morgan fingerprint density at radius 2 is 2.22 bits per heavy atom. The van der Waals surface area contributed by atoms with Crippen LogP contribution in [0, 0.1) is 0 Å². The van der Waals surface area contributed by atoms with Crippen molar-refractivity contribution >= 4 is 11.7 Å². The van der Waals surface area contributed by atoms with Gasteiger partial charge in [0.25, 0.3) is 0 Å². The molecule has 1 aliphatic heterocycles. The number of hydrogen-bond donors (Lipinski definition) is 2. The van der Waals surface area contributed by atoms with Gasteiger partial charge < -0.3 is 15.1 Å². The molecule has 0 aliphatic carbocycles. The fraction of sp³-hybridized carbons (Fsp3) is 0.500. The number of rotatable bonds is 4. The summed E-state index contributed by atoms with van der Waals surface area (Å²) in [6.07, 6.45) is 1.01. The minimum absolute atomic E-state index is 0.325. The number of nitrogens with zero attached hydrogens (tertiary/aromatic N) is 1. The summed E-state index contributed by atoms with van der Waals surface area (Å²) >= 11 is 0. The average Bonchev–Trinajstić information content (AvgIpc) is 2.35. The van der Waals surface area contributed by atoms with Gasteiger partial charge in [0.1, 0.15) is 0 Å². The van der Waals surface area contributed by atoms with Crippen molar-refractivity contribution in [2.45, 2.75) is 31.8 Å². The summed E-state index contributed by atoms with van der Waals surface area (Å²) in [5.41, 5.74) is 1.89. The lowest BCUT2D eigenvalue weighted by molar-refractivity contribution is -0.139. The van der Waals surface area contributed by atoms with E-state index in [9.17, 15) is 15.0 Å². The van der Waals surface area contributed by atoms with Crippen LogP contribution in [-0.4, -0.2) is 35.4 Å². The molecule has 1 aromatic carbocycles. The lowest BCUT2D eigenvalue weighted by Gasteiger charge is -2.34. The zero-order valence-corrected chi connectivity index (χ0v) is 10.5. The monoisotopic (exact) mass is 249 g/mol. The highest BCUT2D eigenvalue weighted by atomic mass is 16.4. The zero-order valence-electron chi connectivity index (χ0n) is 10.5. The molecule has 1 aromatic rings. The van der Waals surface area contributed by atoms with Crippen molar-refractivity contribution in [1.82, 2.24) is 0 Å². The van der Waals surface area contributed by atoms with Crippen LogP contribution in [0.2, 0.25) is 0 Å². The SMILES string of the molecule is CC(O)CCN1CCC(C(=O)O)c2ccccc21. The molecule has 98 valence electrons. The molecular weight excluding hydrogens is 230 g/mol. The second-order valence-electron chi connectivity index (χ2n) is 4.86. The maximum atomic E-state index is 11.2. The predicted octanol–water partition coefficient (Wildman–Crippen LogP) is 1.84. The van der Waals surface area contributed by atoms with Crippen LogP contribution in [0.4, 0.5) is 5.69 Å². The first kappa shape index (κ1) is 12.9. The molecule has 0 radical (unpaired) electrons. The van der Waals surface area contributed by atoms with Gasteiger partial charge in [0.05, 0.1) is 12.0 Å². The van der Waals surface area contributed by atoms with Crippen molar-refractivity contribution in [3.05, 3.63) is 29.8 Å². The van der Waals surface area contributed by atoms with Crippen LogP contribution in [0.25, 0.3) is 0 Å². The van der Waals surface area contributed by atoms with Crippen LogP contribution in [0.5, 0.6) is 0 Å². The normalized spacial score (nSPS) is 20.3. The highest BCUT2D eigenvalue weighted by molar-refractivity contribution is 5.80. The van der Waals surface area contributed by atoms with Crippen molar-refractivity contribution in [2.24, 2.45) is 0 Å². The number of carbonyl (C=O) groups is 1. The molecule has 0 aromatic heterocycles. The van der Waals surface area contributed by atoms with E-state index < -0.39 is 11.9 Å². The Labute approximate surface area is 107 Å². The third kappa shape index (κ3) is 2.64. The van der Waals surface area contributed by atoms with Crippen molar-refractivity contribution in [2.75, 3.05) is 18.0 Å². The Balaban J connectivity index is 2.22. The summed E-state index contributed by atoms with van der Waals surface area (Å²) in [5, 5.41) is 18.6. The minimum atomic E-state index is -0.752. The van der Waals surface area contributed by atoms with E-state index in [2.05, 4.69) is 4.90 Å². The Kier molecular flexibility index (Phi) is 3.87. The van der Waals surface area contributed by atoms with Gasteiger partial charge in [-0.15, -0.1) is 0 Å². The van der Waals surface area contributed by atoms with E-state index in [-0.39, 0.29) is 6.10 Å². The van der Waals surface area contributed by atoms with Gasteiger partial charge in [0.15, 0.2) is 0 Å². The molecule has 1 aliphatic rings. The third-order valence-corrected chi connectivity index (χ3v) is 3.46. The smallest absolute Gasteiger partial charge is 0.311 e. The molecule has 0 saturated heterocycles. The first-order valence-corrected chi connectivity index (χ1v) is 6.34. The van der Waals surface area contributed by atoms with Gasteiger partial charge in [0, 0.05) is 18.8 Å².